The Labute approximate surface area is 103 Å². The Morgan fingerprint density at radius 3 is 2.88 bits per heavy atom. The van der Waals surface area contributed by atoms with Crippen molar-refractivity contribution in [3.05, 3.63) is 33.8 Å². The van der Waals surface area contributed by atoms with Gasteiger partial charge in [-0.2, -0.15) is 0 Å². The summed E-state index contributed by atoms with van der Waals surface area (Å²) in [5.41, 5.74) is 3.88. The number of rotatable bonds is 2. The minimum absolute atomic E-state index is 0.672. The fourth-order valence-corrected chi connectivity index (χ4v) is 2.67. The quantitative estimate of drug-likeness (QED) is 0.759. The predicted molar refractivity (Wildman–Crippen MR) is 68.2 cm³/mol. The second-order valence-corrected chi connectivity index (χ2v) is 5.23. The standard InChI is InChI=1S/C14H19ClO/c1-10-6-13(11(2)14(15)7-10)8-12-4-3-5-16-9-12/h6-7,12H,3-5,8-9H2,1-2H3. The van der Waals surface area contributed by atoms with Gasteiger partial charge in [-0.05, 0) is 61.8 Å². The smallest absolute Gasteiger partial charge is 0.0497 e. The van der Waals surface area contributed by atoms with Gasteiger partial charge in [0.05, 0.1) is 0 Å². The monoisotopic (exact) mass is 238 g/mol. The highest BCUT2D eigenvalue weighted by Gasteiger charge is 2.16. The lowest BCUT2D eigenvalue weighted by atomic mass is 9.91. The number of ether oxygens (including phenoxy) is 1. The topological polar surface area (TPSA) is 9.23 Å². The van der Waals surface area contributed by atoms with Crippen LogP contribution in [0.1, 0.15) is 29.5 Å². The van der Waals surface area contributed by atoms with Crippen LogP contribution in [0.15, 0.2) is 12.1 Å². The number of halogens is 1. The lowest BCUT2D eigenvalue weighted by molar-refractivity contribution is 0.0549. The second kappa shape index (κ2) is 5.20. The summed E-state index contributed by atoms with van der Waals surface area (Å²) in [5, 5.41) is 0.895. The molecule has 1 saturated heterocycles. The second-order valence-electron chi connectivity index (χ2n) is 4.82. The number of benzene rings is 1. The average Bonchev–Trinajstić information content (AvgIpc) is 2.27. The summed E-state index contributed by atoms with van der Waals surface area (Å²) in [7, 11) is 0. The van der Waals surface area contributed by atoms with E-state index in [4.69, 9.17) is 16.3 Å². The first-order valence-electron chi connectivity index (χ1n) is 6.00. The fourth-order valence-electron chi connectivity index (χ4n) is 2.38. The van der Waals surface area contributed by atoms with E-state index < -0.39 is 0 Å². The molecule has 1 atom stereocenters. The van der Waals surface area contributed by atoms with Crippen LogP contribution in [0.25, 0.3) is 0 Å². The number of hydrogen-bond acceptors (Lipinski definition) is 1. The Kier molecular flexibility index (Phi) is 3.88. The van der Waals surface area contributed by atoms with Crippen molar-refractivity contribution in [1.29, 1.82) is 0 Å². The third-order valence-electron chi connectivity index (χ3n) is 3.36. The summed E-state index contributed by atoms with van der Waals surface area (Å²) in [6.45, 7) is 6.06. The number of aryl methyl sites for hydroxylation is 1. The van der Waals surface area contributed by atoms with Crippen molar-refractivity contribution < 1.29 is 4.74 Å². The van der Waals surface area contributed by atoms with E-state index >= 15 is 0 Å². The molecule has 1 aliphatic heterocycles. The molecule has 1 heterocycles. The molecule has 0 radical (unpaired) electrons. The Hall–Kier alpha value is -0.530. The Balaban J connectivity index is 2.13. The maximum absolute atomic E-state index is 6.21. The molecule has 0 spiro atoms. The van der Waals surface area contributed by atoms with Gasteiger partial charge in [-0.25, -0.2) is 0 Å². The highest BCUT2D eigenvalue weighted by molar-refractivity contribution is 6.31. The molecule has 1 fully saturated rings. The van der Waals surface area contributed by atoms with Crippen LogP contribution in [-0.4, -0.2) is 13.2 Å². The number of hydrogen-bond donors (Lipinski definition) is 0. The van der Waals surface area contributed by atoms with Gasteiger partial charge in [-0.1, -0.05) is 17.7 Å². The summed E-state index contributed by atoms with van der Waals surface area (Å²) in [5.74, 6) is 0.672. The van der Waals surface area contributed by atoms with E-state index in [0.29, 0.717) is 5.92 Å². The predicted octanol–water partition coefficient (Wildman–Crippen LogP) is 3.93. The van der Waals surface area contributed by atoms with Crippen molar-refractivity contribution in [3.63, 3.8) is 0 Å². The molecule has 0 aromatic heterocycles. The SMILES string of the molecule is Cc1cc(Cl)c(C)c(CC2CCCOC2)c1. The lowest BCUT2D eigenvalue weighted by Gasteiger charge is -2.23. The van der Waals surface area contributed by atoms with E-state index in [-0.39, 0.29) is 0 Å². The van der Waals surface area contributed by atoms with E-state index in [1.807, 2.05) is 6.07 Å². The summed E-state index contributed by atoms with van der Waals surface area (Å²) in [6, 6.07) is 4.30. The molecule has 88 valence electrons. The van der Waals surface area contributed by atoms with Crippen molar-refractivity contribution in [1.82, 2.24) is 0 Å². The van der Waals surface area contributed by atoms with Crippen LogP contribution in [0.3, 0.4) is 0 Å². The maximum atomic E-state index is 6.21. The van der Waals surface area contributed by atoms with Gasteiger partial charge in [-0.15, -0.1) is 0 Å². The van der Waals surface area contributed by atoms with Gasteiger partial charge in [0.1, 0.15) is 0 Å². The minimum Gasteiger partial charge on any atom is -0.381 e. The van der Waals surface area contributed by atoms with E-state index in [2.05, 4.69) is 19.9 Å². The Morgan fingerprint density at radius 1 is 1.38 bits per heavy atom. The maximum Gasteiger partial charge on any atom is 0.0497 e. The molecule has 0 amide bonds. The summed E-state index contributed by atoms with van der Waals surface area (Å²) in [4.78, 5) is 0. The third kappa shape index (κ3) is 2.78. The highest BCUT2D eigenvalue weighted by atomic mass is 35.5. The van der Waals surface area contributed by atoms with Crippen molar-refractivity contribution >= 4 is 11.6 Å². The molecule has 1 aromatic carbocycles. The van der Waals surface area contributed by atoms with Crippen molar-refractivity contribution in [2.75, 3.05) is 13.2 Å². The summed E-state index contributed by atoms with van der Waals surface area (Å²) >= 11 is 6.21. The van der Waals surface area contributed by atoms with Crippen LogP contribution in [0, 0.1) is 19.8 Å². The largest absolute Gasteiger partial charge is 0.381 e. The van der Waals surface area contributed by atoms with Crippen LogP contribution in [0.2, 0.25) is 5.02 Å². The average molecular weight is 239 g/mol. The molecule has 1 unspecified atom stereocenters. The van der Waals surface area contributed by atoms with Gasteiger partial charge >= 0.3 is 0 Å². The van der Waals surface area contributed by atoms with Gasteiger partial charge in [0, 0.05) is 18.2 Å². The first kappa shape index (κ1) is 11.9. The van der Waals surface area contributed by atoms with E-state index in [1.54, 1.807) is 0 Å². The first-order chi connectivity index (χ1) is 7.66. The molecule has 1 aromatic rings. The molecule has 16 heavy (non-hydrogen) atoms. The minimum atomic E-state index is 0.672. The van der Waals surface area contributed by atoms with Crippen molar-refractivity contribution in [2.45, 2.75) is 33.1 Å². The fraction of sp³-hybridized carbons (Fsp3) is 0.571. The van der Waals surface area contributed by atoms with Crippen LogP contribution >= 0.6 is 11.6 Å². The van der Waals surface area contributed by atoms with Gasteiger partial charge < -0.3 is 4.74 Å². The van der Waals surface area contributed by atoms with Crippen LogP contribution in [0.4, 0.5) is 0 Å². The van der Waals surface area contributed by atoms with Crippen LogP contribution in [-0.2, 0) is 11.2 Å². The van der Waals surface area contributed by atoms with E-state index in [0.717, 1.165) is 24.7 Å². The van der Waals surface area contributed by atoms with E-state index in [1.165, 1.54) is 29.5 Å². The molecular formula is C14H19ClO. The van der Waals surface area contributed by atoms with Crippen LogP contribution in [0.5, 0.6) is 0 Å². The lowest BCUT2D eigenvalue weighted by Crippen LogP contribution is -2.19. The first-order valence-corrected chi connectivity index (χ1v) is 6.38. The Bertz CT molecular complexity index is 367. The molecule has 1 nitrogen and oxygen atoms in total. The molecule has 0 aliphatic carbocycles. The van der Waals surface area contributed by atoms with Gasteiger partial charge in [0.2, 0.25) is 0 Å². The summed E-state index contributed by atoms with van der Waals surface area (Å²) in [6.07, 6.45) is 3.58. The van der Waals surface area contributed by atoms with Crippen molar-refractivity contribution in [3.8, 4) is 0 Å². The van der Waals surface area contributed by atoms with Gasteiger partial charge in [-0.3, -0.25) is 0 Å². The highest BCUT2D eigenvalue weighted by Crippen LogP contribution is 2.26. The molecule has 2 rings (SSSR count). The van der Waals surface area contributed by atoms with Crippen LogP contribution < -0.4 is 0 Å². The van der Waals surface area contributed by atoms with E-state index in [9.17, 15) is 0 Å². The van der Waals surface area contributed by atoms with Gasteiger partial charge in [0.25, 0.3) is 0 Å². The molecule has 0 bridgehead atoms. The zero-order valence-electron chi connectivity index (χ0n) is 10.1. The zero-order chi connectivity index (χ0) is 11.5. The molecule has 1 aliphatic rings. The normalized spacial score (nSPS) is 21.1. The molecular weight excluding hydrogens is 220 g/mol. The zero-order valence-corrected chi connectivity index (χ0v) is 10.8. The van der Waals surface area contributed by atoms with Crippen molar-refractivity contribution in [2.24, 2.45) is 5.92 Å². The third-order valence-corrected chi connectivity index (χ3v) is 3.75. The molecule has 0 saturated carbocycles. The Morgan fingerprint density at radius 2 is 2.19 bits per heavy atom. The molecule has 2 heteroatoms. The van der Waals surface area contributed by atoms with Gasteiger partial charge in [0.15, 0.2) is 0 Å². The molecule has 0 N–H and O–H groups in total. The summed E-state index contributed by atoms with van der Waals surface area (Å²) < 4.78 is 5.52.